The molecule has 0 bridgehead atoms. The van der Waals surface area contributed by atoms with E-state index in [9.17, 15) is 4.79 Å². The third-order valence-electron chi connectivity index (χ3n) is 5.79. The summed E-state index contributed by atoms with van der Waals surface area (Å²) in [6.07, 6.45) is 1.56. The van der Waals surface area contributed by atoms with Crippen molar-refractivity contribution in [1.29, 1.82) is 0 Å². The number of anilines is 1. The van der Waals surface area contributed by atoms with Crippen LogP contribution in [0.25, 0.3) is 11.3 Å². The molecule has 1 aliphatic carbocycles. The van der Waals surface area contributed by atoms with E-state index in [1.807, 2.05) is 42.5 Å². The summed E-state index contributed by atoms with van der Waals surface area (Å²) in [5.41, 5.74) is 1.89. The van der Waals surface area contributed by atoms with E-state index in [1.165, 1.54) is 0 Å². The number of amides is 1. The molecule has 160 valence electrons. The van der Waals surface area contributed by atoms with Crippen molar-refractivity contribution in [1.82, 2.24) is 4.98 Å². The Morgan fingerprint density at radius 1 is 1.03 bits per heavy atom. The molecular weight excluding hydrogens is 396 g/mol. The summed E-state index contributed by atoms with van der Waals surface area (Å²) in [4.78, 5) is 17.8. The van der Waals surface area contributed by atoms with Crippen LogP contribution in [-0.2, 0) is 10.2 Å². The molecule has 1 fully saturated rings. The number of aromatic nitrogens is 1. The molecule has 31 heavy (non-hydrogen) atoms. The molecule has 1 aliphatic heterocycles. The van der Waals surface area contributed by atoms with Gasteiger partial charge in [-0.15, -0.1) is 0 Å². The summed E-state index contributed by atoms with van der Waals surface area (Å²) in [6, 6.07) is 16.8. The molecule has 1 saturated carbocycles. The highest BCUT2D eigenvalue weighted by molar-refractivity contribution is 6.01. The molecule has 0 atom stereocenters. The topological polar surface area (TPSA) is 78.9 Å². The number of nitrogens with one attached hydrogen (secondary N) is 1. The van der Waals surface area contributed by atoms with Crippen molar-refractivity contribution < 1.29 is 25.2 Å². The van der Waals surface area contributed by atoms with E-state index in [0.717, 1.165) is 24.0 Å². The van der Waals surface area contributed by atoms with Gasteiger partial charge in [-0.25, -0.2) is 4.98 Å². The fourth-order valence-electron chi connectivity index (χ4n) is 3.87. The van der Waals surface area contributed by atoms with Gasteiger partial charge in [-0.3, -0.25) is 4.79 Å². The lowest BCUT2D eigenvalue weighted by molar-refractivity contribution is -0.118. The number of pyridine rings is 1. The number of rotatable bonds is 6. The van der Waals surface area contributed by atoms with Crippen molar-refractivity contribution in [3.8, 4) is 34.3 Å². The summed E-state index contributed by atoms with van der Waals surface area (Å²) < 4.78 is 21.6. The smallest absolute Gasteiger partial charge is 0.236 e. The SMILES string of the molecule is COc1ccc(-c2cccc(NC(=O)C3(c4ccc5c(c4)OCO5)CC3)n2)c(OC)c1.[HH]. The molecule has 7 heteroatoms. The molecule has 1 amide bonds. The van der Waals surface area contributed by atoms with Gasteiger partial charge in [0, 0.05) is 13.1 Å². The van der Waals surface area contributed by atoms with E-state index in [2.05, 4.69) is 10.3 Å². The van der Waals surface area contributed by atoms with Gasteiger partial charge in [0.05, 0.1) is 25.3 Å². The van der Waals surface area contributed by atoms with Gasteiger partial charge in [-0.2, -0.15) is 0 Å². The Hall–Kier alpha value is -3.74. The van der Waals surface area contributed by atoms with E-state index in [-0.39, 0.29) is 14.1 Å². The number of carbonyl (C=O) groups is 1. The number of hydrogen-bond donors (Lipinski definition) is 1. The van der Waals surface area contributed by atoms with Crippen molar-refractivity contribution in [2.45, 2.75) is 18.3 Å². The van der Waals surface area contributed by atoms with Crippen LogP contribution in [0, 0.1) is 0 Å². The second-order valence-electron chi connectivity index (χ2n) is 7.58. The highest BCUT2D eigenvalue weighted by Crippen LogP contribution is 2.51. The Morgan fingerprint density at radius 3 is 2.65 bits per heavy atom. The van der Waals surface area contributed by atoms with Gasteiger partial charge in [-0.1, -0.05) is 12.1 Å². The first-order valence-electron chi connectivity index (χ1n) is 10.0. The largest absolute Gasteiger partial charge is 0.497 e. The van der Waals surface area contributed by atoms with Crippen molar-refractivity contribution in [3.63, 3.8) is 0 Å². The van der Waals surface area contributed by atoms with Gasteiger partial charge < -0.3 is 24.3 Å². The van der Waals surface area contributed by atoms with Crippen LogP contribution in [0.15, 0.2) is 54.6 Å². The summed E-state index contributed by atoms with van der Waals surface area (Å²) in [5.74, 6) is 3.16. The molecular formula is C24H24N2O5. The average Bonchev–Trinajstić information content (AvgIpc) is 3.49. The standard InChI is InChI=1S/C24H22N2O5.H2/c1-28-16-7-8-17(20(13-16)29-2)18-4-3-5-22(25-18)26-23(27)24(10-11-24)15-6-9-19-21(12-15)31-14-30-19;/h3-9,12-13H,10-11,14H2,1-2H3,(H,25,26,27);1H. The van der Waals surface area contributed by atoms with E-state index in [0.29, 0.717) is 34.5 Å². The zero-order valence-electron chi connectivity index (χ0n) is 17.3. The first kappa shape index (κ1) is 19.2. The number of hydrogen-bond acceptors (Lipinski definition) is 6. The molecule has 0 radical (unpaired) electrons. The maximum Gasteiger partial charge on any atom is 0.236 e. The molecule has 0 unspecified atom stereocenters. The lowest BCUT2D eigenvalue weighted by Crippen LogP contribution is -2.28. The molecule has 2 aromatic carbocycles. The summed E-state index contributed by atoms with van der Waals surface area (Å²) in [7, 11) is 3.21. The zero-order valence-corrected chi connectivity index (χ0v) is 17.3. The van der Waals surface area contributed by atoms with Crippen LogP contribution in [0.3, 0.4) is 0 Å². The second kappa shape index (κ2) is 7.50. The van der Waals surface area contributed by atoms with Gasteiger partial charge in [0.25, 0.3) is 0 Å². The molecule has 0 saturated heterocycles. The first-order valence-corrected chi connectivity index (χ1v) is 10.0. The van der Waals surface area contributed by atoms with Crippen LogP contribution < -0.4 is 24.3 Å². The van der Waals surface area contributed by atoms with Crippen molar-refractivity contribution in [3.05, 3.63) is 60.2 Å². The number of benzene rings is 2. The van der Waals surface area contributed by atoms with Gasteiger partial charge in [0.15, 0.2) is 11.5 Å². The molecule has 0 spiro atoms. The quantitative estimate of drug-likeness (QED) is 0.636. The molecule has 2 heterocycles. The lowest BCUT2D eigenvalue weighted by Gasteiger charge is -2.16. The van der Waals surface area contributed by atoms with Crippen molar-refractivity contribution >= 4 is 11.7 Å². The normalized spacial score (nSPS) is 15.3. The number of carbonyl (C=O) groups excluding carboxylic acids is 1. The predicted octanol–water partition coefficient (Wildman–Crippen LogP) is 4.41. The Labute approximate surface area is 181 Å². The van der Waals surface area contributed by atoms with Crippen molar-refractivity contribution in [2.75, 3.05) is 26.3 Å². The highest BCUT2D eigenvalue weighted by atomic mass is 16.7. The van der Waals surface area contributed by atoms with Crippen LogP contribution in [0.1, 0.15) is 19.8 Å². The third kappa shape index (κ3) is 3.42. The van der Waals surface area contributed by atoms with Crippen LogP contribution in [-0.4, -0.2) is 31.9 Å². The van der Waals surface area contributed by atoms with Gasteiger partial charge in [0.2, 0.25) is 12.7 Å². The zero-order chi connectivity index (χ0) is 21.4. The molecule has 2 aliphatic rings. The van der Waals surface area contributed by atoms with E-state index in [1.54, 1.807) is 26.4 Å². The number of nitrogens with zero attached hydrogens (tertiary/aromatic N) is 1. The maximum absolute atomic E-state index is 13.2. The fraction of sp³-hybridized carbons (Fsp3) is 0.250. The van der Waals surface area contributed by atoms with E-state index < -0.39 is 5.41 Å². The molecule has 7 nitrogen and oxygen atoms in total. The van der Waals surface area contributed by atoms with Gasteiger partial charge >= 0.3 is 0 Å². The minimum absolute atomic E-state index is 0. The Bertz CT molecular complexity index is 1160. The first-order chi connectivity index (χ1) is 15.1. The van der Waals surface area contributed by atoms with Gasteiger partial charge in [-0.05, 0) is 54.8 Å². The Kier molecular flexibility index (Phi) is 4.66. The fourth-order valence-corrected chi connectivity index (χ4v) is 3.87. The number of ether oxygens (including phenoxy) is 4. The van der Waals surface area contributed by atoms with Crippen LogP contribution >= 0.6 is 0 Å². The van der Waals surface area contributed by atoms with E-state index >= 15 is 0 Å². The molecule has 5 rings (SSSR count). The van der Waals surface area contributed by atoms with Crippen LogP contribution in [0.2, 0.25) is 0 Å². The highest BCUT2D eigenvalue weighted by Gasteiger charge is 2.51. The monoisotopic (exact) mass is 420 g/mol. The Morgan fingerprint density at radius 2 is 1.87 bits per heavy atom. The Balaban J connectivity index is 0.00000245. The van der Waals surface area contributed by atoms with Gasteiger partial charge in [0.1, 0.15) is 17.3 Å². The predicted molar refractivity (Wildman–Crippen MR) is 117 cm³/mol. The molecule has 3 aromatic rings. The minimum Gasteiger partial charge on any atom is -0.497 e. The molecule has 1 N–H and O–H groups in total. The van der Waals surface area contributed by atoms with Crippen LogP contribution in [0.5, 0.6) is 23.0 Å². The van der Waals surface area contributed by atoms with Crippen molar-refractivity contribution in [2.24, 2.45) is 0 Å². The maximum atomic E-state index is 13.2. The number of methoxy groups -OCH3 is 2. The minimum atomic E-state index is -0.559. The summed E-state index contributed by atoms with van der Waals surface area (Å²) in [6.45, 7) is 0.212. The number of fused-ring (bicyclic) bond motifs is 1. The third-order valence-corrected chi connectivity index (χ3v) is 5.79. The summed E-state index contributed by atoms with van der Waals surface area (Å²) in [5, 5.41) is 2.99. The second-order valence-corrected chi connectivity index (χ2v) is 7.58. The van der Waals surface area contributed by atoms with E-state index in [4.69, 9.17) is 18.9 Å². The van der Waals surface area contributed by atoms with Crippen LogP contribution in [0.4, 0.5) is 5.82 Å². The lowest BCUT2D eigenvalue weighted by atomic mass is 9.94. The summed E-state index contributed by atoms with van der Waals surface area (Å²) >= 11 is 0. The average molecular weight is 420 g/mol. The molecule has 1 aromatic heterocycles.